The van der Waals surface area contributed by atoms with Crippen LogP contribution in [0.1, 0.15) is 13.8 Å². The summed E-state index contributed by atoms with van der Waals surface area (Å²) in [5, 5.41) is 10.9. The van der Waals surface area contributed by atoms with Crippen molar-refractivity contribution in [2.45, 2.75) is 24.3 Å². The lowest BCUT2D eigenvalue weighted by molar-refractivity contribution is 0.879. The Morgan fingerprint density at radius 1 is 1.09 bits per heavy atom. The van der Waals surface area contributed by atoms with E-state index in [4.69, 9.17) is 23.2 Å². The summed E-state index contributed by atoms with van der Waals surface area (Å²) in [5.74, 6) is 0.722. The summed E-state index contributed by atoms with van der Waals surface area (Å²) >= 11 is 13.9. The minimum atomic E-state index is 0.377. The Labute approximate surface area is 148 Å². The van der Waals surface area contributed by atoms with E-state index < -0.39 is 0 Å². The SMILES string of the molecule is CC(C)Sc1nnc(-c2cccnc2)n1-c1ccc(Cl)c(Cl)c1. The van der Waals surface area contributed by atoms with Crippen LogP contribution in [0.25, 0.3) is 17.1 Å². The molecule has 0 atom stereocenters. The number of rotatable bonds is 4. The van der Waals surface area contributed by atoms with Crippen LogP contribution in [0.5, 0.6) is 0 Å². The fourth-order valence-corrected chi connectivity index (χ4v) is 3.20. The number of pyridine rings is 1. The molecule has 0 radical (unpaired) electrons. The zero-order chi connectivity index (χ0) is 16.4. The predicted octanol–water partition coefficient (Wildman–Crippen LogP) is 5.14. The van der Waals surface area contributed by atoms with Crippen LogP contribution in [0.15, 0.2) is 47.9 Å². The van der Waals surface area contributed by atoms with Gasteiger partial charge in [0.05, 0.1) is 15.7 Å². The molecule has 7 heteroatoms. The van der Waals surface area contributed by atoms with E-state index in [2.05, 4.69) is 29.0 Å². The Morgan fingerprint density at radius 3 is 2.57 bits per heavy atom. The molecule has 0 aliphatic heterocycles. The highest BCUT2D eigenvalue weighted by molar-refractivity contribution is 7.99. The fourth-order valence-electron chi connectivity index (χ4n) is 2.10. The number of hydrogen-bond acceptors (Lipinski definition) is 4. The highest BCUT2D eigenvalue weighted by Gasteiger charge is 2.17. The van der Waals surface area contributed by atoms with Gasteiger partial charge >= 0.3 is 0 Å². The first-order chi connectivity index (χ1) is 11.1. The Kier molecular flexibility index (Phi) is 4.90. The van der Waals surface area contributed by atoms with E-state index in [0.29, 0.717) is 15.3 Å². The van der Waals surface area contributed by atoms with Crippen LogP contribution in [0, 0.1) is 0 Å². The Balaban J connectivity index is 2.18. The van der Waals surface area contributed by atoms with Gasteiger partial charge in [0.25, 0.3) is 0 Å². The third kappa shape index (κ3) is 3.52. The van der Waals surface area contributed by atoms with Crippen molar-refractivity contribution in [3.63, 3.8) is 0 Å². The first-order valence-electron chi connectivity index (χ1n) is 7.04. The zero-order valence-corrected chi connectivity index (χ0v) is 14.9. The maximum atomic E-state index is 6.18. The molecule has 0 unspecified atom stereocenters. The van der Waals surface area contributed by atoms with E-state index in [0.717, 1.165) is 22.2 Å². The molecule has 3 aromatic rings. The monoisotopic (exact) mass is 364 g/mol. The highest BCUT2D eigenvalue weighted by atomic mass is 35.5. The van der Waals surface area contributed by atoms with Crippen molar-refractivity contribution in [2.24, 2.45) is 0 Å². The molecular formula is C16H14Cl2N4S. The smallest absolute Gasteiger partial charge is 0.196 e. The first-order valence-corrected chi connectivity index (χ1v) is 8.67. The molecule has 3 rings (SSSR count). The minimum absolute atomic E-state index is 0.377. The van der Waals surface area contributed by atoms with Crippen LogP contribution in [0.4, 0.5) is 0 Å². The van der Waals surface area contributed by atoms with E-state index in [1.165, 1.54) is 0 Å². The van der Waals surface area contributed by atoms with Crippen molar-refractivity contribution < 1.29 is 0 Å². The van der Waals surface area contributed by atoms with Crippen LogP contribution in [0.2, 0.25) is 10.0 Å². The second-order valence-corrected chi connectivity index (χ2v) is 7.51. The summed E-state index contributed by atoms with van der Waals surface area (Å²) in [5.41, 5.74) is 1.76. The second-order valence-electron chi connectivity index (χ2n) is 5.15. The van der Waals surface area contributed by atoms with Gasteiger partial charge in [0.1, 0.15) is 0 Å². The third-order valence-corrected chi connectivity index (χ3v) is 4.74. The van der Waals surface area contributed by atoms with E-state index in [9.17, 15) is 0 Å². The fraction of sp³-hybridized carbons (Fsp3) is 0.188. The summed E-state index contributed by atoms with van der Waals surface area (Å²) in [7, 11) is 0. The van der Waals surface area contributed by atoms with Crippen molar-refractivity contribution >= 4 is 35.0 Å². The number of aromatic nitrogens is 4. The van der Waals surface area contributed by atoms with Crippen LogP contribution in [0.3, 0.4) is 0 Å². The summed E-state index contributed by atoms with van der Waals surface area (Å²) in [6, 6.07) is 9.32. The molecule has 0 N–H and O–H groups in total. The van der Waals surface area contributed by atoms with Gasteiger partial charge in [0, 0.05) is 23.2 Å². The van der Waals surface area contributed by atoms with Gasteiger partial charge in [-0.25, -0.2) is 0 Å². The number of thioether (sulfide) groups is 1. The Morgan fingerprint density at radius 2 is 1.91 bits per heavy atom. The van der Waals surface area contributed by atoms with Crippen molar-refractivity contribution in [3.8, 4) is 17.1 Å². The lowest BCUT2D eigenvalue weighted by Gasteiger charge is -2.12. The molecule has 1 aromatic carbocycles. The Bertz CT molecular complexity index is 818. The molecule has 0 saturated heterocycles. The summed E-state index contributed by atoms with van der Waals surface area (Å²) < 4.78 is 1.98. The number of halogens is 2. The molecule has 4 nitrogen and oxygen atoms in total. The third-order valence-electron chi connectivity index (χ3n) is 3.06. The molecular weight excluding hydrogens is 351 g/mol. The quantitative estimate of drug-likeness (QED) is 0.601. The number of benzene rings is 1. The van der Waals surface area contributed by atoms with E-state index in [-0.39, 0.29) is 0 Å². The maximum absolute atomic E-state index is 6.18. The number of hydrogen-bond donors (Lipinski definition) is 0. The van der Waals surface area contributed by atoms with Gasteiger partial charge < -0.3 is 0 Å². The van der Waals surface area contributed by atoms with Gasteiger partial charge in [0.2, 0.25) is 0 Å². The maximum Gasteiger partial charge on any atom is 0.196 e. The molecule has 118 valence electrons. The molecule has 23 heavy (non-hydrogen) atoms. The normalized spacial score (nSPS) is 11.2. The molecule has 0 amide bonds. The van der Waals surface area contributed by atoms with Gasteiger partial charge in [-0.3, -0.25) is 9.55 Å². The molecule has 2 aromatic heterocycles. The van der Waals surface area contributed by atoms with Crippen LogP contribution in [-0.2, 0) is 0 Å². The molecule has 0 aliphatic carbocycles. The van der Waals surface area contributed by atoms with Gasteiger partial charge in [-0.05, 0) is 30.3 Å². The lowest BCUT2D eigenvalue weighted by Crippen LogP contribution is -2.01. The van der Waals surface area contributed by atoms with Crippen molar-refractivity contribution in [3.05, 3.63) is 52.8 Å². The average molecular weight is 365 g/mol. The van der Waals surface area contributed by atoms with E-state index >= 15 is 0 Å². The van der Waals surface area contributed by atoms with Crippen LogP contribution in [-0.4, -0.2) is 25.0 Å². The van der Waals surface area contributed by atoms with Crippen LogP contribution < -0.4 is 0 Å². The largest absolute Gasteiger partial charge is 0.270 e. The second kappa shape index (κ2) is 6.91. The summed E-state index contributed by atoms with van der Waals surface area (Å²) in [6.45, 7) is 4.23. The Hall–Kier alpha value is -1.56. The summed E-state index contributed by atoms with van der Waals surface area (Å²) in [4.78, 5) is 4.16. The van der Waals surface area contributed by atoms with Gasteiger partial charge in [-0.1, -0.05) is 48.8 Å². The van der Waals surface area contributed by atoms with Crippen molar-refractivity contribution in [2.75, 3.05) is 0 Å². The molecule has 0 fully saturated rings. The molecule has 0 saturated carbocycles. The van der Waals surface area contributed by atoms with E-state index in [1.807, 2.05) is 28.8 Å². The number of nitrogens with zero attached hydrogens (tertiary/aromatic N) is 4. The van der Waals surface area contributed by atoms with Crippen LogP contribution >= 0.6 is 35.0 Å². The lowest BCUT2D eigenvalue weighted by atomic mass is 10.2. The van der Waals surface area contributed by atoms with Gasteiger partial charge in [-0.15, -0.1) is 10.2 Å². The van der Waals surface area contributed by atoms with E-state index in [1.54, 1.807) is 30.2 Å². The van der Waals surface area contributed by atoms with Gasteiger partial charge in [-0.2, -0.15) is 0 Å². The van der Waals surface area contributed by atoms with Gasteiger partial charge in [0.15, 0.2) is 11.0 Å². The average Bonchev–Trinajstić information content (AvgIpc) is 2.94. The molecule has 0 bridgehead atoms. The highest BCUT2D eigenvalue weighted by Crippen LogP contribution is 2.32. The van der Waals surface area contributed by atoms with Crippen molar-refractivity contribution in [1.29, 1.82) is 0 Å². The zero-order valence-electron chi connectivity index (χ0n) is 12.6. The van der Waals surface area contributed by atoms with Crippen molar-refractivity contribution in [1.82, 2.24) is 19.7 Å². The molecule has 0 aliphatic rings. The predicted molar refractivity (Wildman–Crippen MR) is 95.6 cm³/mol. The standard InChI is InChI=1S/C16H14Cl2N4S/c1-10(2)23-16-21-20-15(11-4-3-7-19-9-11)22(16)12-5-6-13(17)14(18)8-12/h3-10H,1-2H3. The summed E-state index contributed by atoms with van der Waals surface area (Å²) in [6.07, 6.45) is 3.50. The minimum Gasteiger partial charge on any atom is -0.270 e. The molecule has 2 heterocycles. The topological polar surface area (TPSA) is 43.6 Å². The first kappa shape index (κ1) is 16.3. The molecule has 0 spiro atoms.